The van der Waals surface area contributed by atoms with Gasteiger partial charge in [0, 0.05) is 11.8 Å². The molecule has 0 amide bonds. The minimum absolute atomic E-state index is 0.156. The minimum atomic E-state index is -0.635. The Morgan fingerprint density at radius 2 is 1.17 bits per heavy atom. The number of aliphatic carboxylic acids is 1. The van der Waals surface area contributed by atoms with Crippen LogP contribution < -0.4 is 0 Å². The van der Waals surface area contributed by atoms with E-state index in [1.54, 1.807) is 0 Å². The lowest BCUT2D eigenvalue weighted by atomic mass is 9.95. The lowest BCUT2D eigenvalue weighted by Gasteiger charge is -2.11. The van der Waals surface area contributed by atoms with Gasteiger partial charge in [0.2, 0.25) is 0 Å². The number of hydrogen-bond acceptors (Lipinski definition) is 1. The van der Waals surface area contributed by atoms with Crippen molar-refractivity contribution < 1.29 is 9.90 Å². The van der Waals surface area contributed by atoms with Crippen molar-refractivity contribution in [3.8, 4) is 0 Å². The average molecular weight is 297 g/mol. The number of rotatable bonds is 13. The second kappa shape index (κ2) is 13.5. The number of hydrogen-bond donors (Lipinski definition) is 1. The smallest absolute Gasteiger partial charge is 0.306 e. The van der Waals surface area contributed by atoms with E-state index in [9.17, 15) is 4.79 Å². The largest absolute Gasteiger partial charge is 0.481 e. The lowest BCUT2D eigenvalue weighted by Crippen LogP contribution is -2.13. The monoisotopic (exact) mass is 296 g/mol. The Kier molecular flexibility index (Phi) is 13.5. The molecule has 108 valence electrons. The summed E-state index contributed by atoms with van der Waals surface area (Å²) in [6.45, 7) is 0. The van der Waals surface area contributed by atoms with E-state index in [0.717, 1.165) is 64.2 Å². The molecule has 0 atom stereocenters. The fourth-order valence-corrected chi connectivity index (χ4v) is 2.45. The van der Waals surface area contributed by atoms with Crippen molar-refractivity contribution in [1.29, 1.82) is 0 Å². The molecule has 0 heterocycles. The van der Waals surface area contributed by atoms with Gasteiger partial charge in [-0.05, 0) is 25.7 Å². The molecule has 0 radical (unpaired) electrons. The van der Waals surface area contributed by atoms with Crippen molar-refractivity contribution in [3.05, 3.63) is 0 Å². The molecule has 0 aromatic carbocycles. The van der Waals surface area contributed by atoms with E-state index in [-0.39, 0.29) is 5.92 Å². The van der Waals surface area contributed by atoms with Gasteiger partial charge < -0.3 is 5.11 Å². The molecule has 0 aromatic rings. The molecule has 0 unspecified atom stereocenters. The van der Waals surface area contributed by atoms with E-state index in [0.29, 0.717) is 11.8 Å². The lowest BCUT2D eigenvalue weighted by molar-refractivity contribution is -0.142. The first-order valence-electron chi connectivity index (χ1n) is 7.07. The van der Waals surface area contributed by atoms with Gasteiger partial charge in [0.25, 0.3) is 0 Å². The third-order valence-electron chi connectivity index (χ3n) is 3.22. The van der Waals surface area contributed by atoms with Gasteiger partial charge in [-0.2, -0.15) is 0 Å². The van der Waals surface area contributed by atoms with Crippen LogP contribution in [0, 0.1) is 5.92 Å². The summed E-state index contributed by atoms with van der Waals surface area (Å²) in [6, 6.07) is 0. The quantitative estimate of drug-likeness (QED) is 0.381. The van der Waals surface area contributed by atoms with E-state index in [2.05, 4.69) is 0 Å². The van der Waals surface area contributed by atoms with Gasteiger partial charge in [0.15, 0.2) is 0 Å². The van der Waals surface area contributed by atoms with Crippen LogP contribution in [0.3, 0.4) is 0 Å². The van der Waals surface area contributed by atoms with Crippen molar-refractivity contribution in [2.24, 2.45) is 5.92 Å². The predicted octanol–water partition coefficient (Wildman–Crippen LogP) is 5.07. The first-order valence-corrected chi connectivity index (χ1v) is 8.14. The summed E-state index contributed by atoms with van der Waals surface area (Å²) < 4.78 is 0. The normalized spacial score (nSPS) is 11.1. The minimum Gasteiger partial charge on any atom is -0.481 e. The summed E-state index contributed by atoms with van der Waals surface area (Å²) >= 11 is 11.2. The van der Waals surface area contributed by atoms with E-state index >= 15 is 0 Å². The first-order chi connectivity index (χ1) is 8.72. The number of unbranched alkanes of at least 4 members (excludes halogenated alkanes) is 6. The number of carboxylic acid groups (broad SMARTS) is 1. The Morgan fingerprint density at radius 1 is 0.778 bits per heavy atom. The van der Waals surface area contributed by atoms with Gasteiger partial charge in [-0.3, -0.25) is 4.79 Å². The standard InChI is InChI=1S/C14H26Cl2O2/c15-11-7-3-1-5-9-13(14(17)18)10-6-2-4-8-12-16/h13H,1-12H2,(H,17,18). The van der Waals surface area contributed by atoms with Gasteiger partial charge in [-0.1, -0.05) is 38.5 Å². The fourth-order valence-electron chi connectivity index (χ4n) is 2.07. The highest BCUT2D eigenvalue weighted by Gasteiger charge is 2.15. The molecule has 0 saturated heterocycles. The molecule has 0 fully saturated rings. The van der Waals surface area contributed by atoms with Crippen LogP contribution in [0.25, 0.3) is 0 Å². The maximum atomic E-state index is 11.1. The number of halogens is 2. The zero-order chi connectivity index (χ0) is 13.6. The Labute approximate surface area is 121 Å². The third-order valence-corrected chi connectivity index (χ3v) is 3.76. The Morgan fingerprint density at radius 3 is 1.50 bits per heavy atom. The molecule has 2 nitrogen and oxygen atoms in total. The fraction of sp³-hybridized carbons (Fsp3) is 0.929. The van der Waals surface area contributed by atoms with Crippen LogP contribution in [0.15, 0.2) is 0 Å². The van der Waals surface area contributed by atoms with E-state index < -0.39 is 5.97 Å². The van der Waals surface area contributed by atoms with E-state index in [1.165, 1.54) is 0 Å². The molecule has 0 aliphatic rings. The highest BCUT2D eigenvalue weighted by Crippen LogP contribution is 2.18. The van der Waals surface area contributed by atoms with Crippen LogP contribution in [0.1, 0.15) is 64.2 Å². The van der Waals surface area contributed by atoms with E-state index in [4.69, 9.17) is 28.3 Å². The number of carboxylic acids is 1. The summed E-state index contributed by atoms with van der Waals surface area (Å²) in [5.74, 6) is 0.632. The SMILES string of the molecule is O=C(O)C(CCCCCCCl)CCCCCCCl. The van der Waals surface area contributed by atoms with Crippen molar-refractivity contribution in [2.45, 2.75) is 64.2 Å². The summed E-state index contributed by atoms with van der Waals surface area (Å²) in [7, 11) is 0. The molecule has 0 spiro atoms. The summed E-state index contributed by atoms with van der Waals surface area (Å²) in [6.07, 6.45) is 10.2. The second-order valence-electron chi connectivity index (χ2n) is 4.82. The van der Waals surface area contributed by atoms with Crippen LogP contribution in [0.4, 0.5) is 0 Å². The topological polar surface area (TPSA) is 37.3 Å². The highest BCUT2D eigenvalue weighted by atomic mass is 35.5. The van der Waals surface area contributed by atoms with Crippen LogP contribution in [-0.2, 0) is 4.79 Å². The van der Waals surface area contributed by atoms with Crippen LogP contribution in [-0.4, -0.2) is 22.8 Å². The zero-order valence-electron chi connectivity index (χ0n) is 11.2. The van der Waals surface area contributed by atoms with Crippen LogP contribution in [0.2, 0.25) is 0 Å². The van der Waals surface area contributed by atoms with Gasteiger partial charge in [0.1, 0.15) is 0 Å². The zero-order valence-corrected chi connectivity index (χ0v) is 12.7. The third kappa shape index (κ3) is 11.2. The van der Waals surface area contributed by atoms with E-state index in [1.807, 2.05) is 0 Å². The van der Waals surface area contributed by atoms with Crippen LogP contribution >= 0.6 is 23.2 Å². The highest BCUT2D eigenvalue weighted by molar-refractivity contribution is 6.18. The summed E-state index contributed by atoms with van der Waals surface area (Å²) in [5, 5.41) is 9.14. The Bertz CT molecular complexity index is 184. The molecule has 0 aliphatic heterocycles. The summed E-state index contributed by atoms with van der Waals surface area (Å²) in [4.78, 5) is 11.1. The van der Waals surface area contributed by atoms with Gasteiger partial charge in [-0.25, -0.2) is 0 Å². The number of alkyl halides is 2. The molecule has 18 heavy (non-hydrogen) atoms. The molecule has 0 rings (SSSR count). The van der Waals surface area contributed by atoms with Crippen LogP contribution in [0.5, 0.6) is 0 Å². The van der Waals surface area contributed by atoms with Gasteiger partial charge in [-0.15, -0.1) is 23.2 Å². The average Bonchev–Trinajstić information content (AvgIpc) is 2.35. The summed E-state index contributed by atoms with van der Waals surface area (Å²) in [5.41, 5.74) is 0. The Hall–Kier alpha value is 0.0500. The molecule has 0 aliphatic carbocycles. The molecule has 0 saturated carbocycles. The molecule has 1 N–H and O–H groups in total. The maximum absolute atomic E-state index is 11.1. The Balaban J connectivity index is 3.56. The van der Waals surface area contributed by atoms with Crippen molar-refractivity contribution in [3.63, 3.8) is 0 Å². The molecular formula is C14H26Cl2O2. The molecule has 0 bridgehead atoms. The van der Waals surface area contributed by atoms with Crippen molar-refractivity contribution in [1.82, 2.24) is 0 Å². The molecule has 4 heteroatoms. The van der Waals surface area contributed by atoms with Crippen molar-refractivity contribution >= 4 is 29.2 Å². The van der Waals surface area contributed by atoms with Gasteiger partial charge in [0.05, 0.1) is 5.92 Å². The van der Waals surface area contributed by atoms with Gasteiger partial charge >= 0.3 is 5.97 Å². The molecular weight excluding hydrogens is 271 g/mol. The maximum Gasteiger partial charge on any atom is 0.306 e. The molecule has 0 aromatic heterocycles. The van der Waals surface area contributed by atoms with Crippen molar-refractivity contribution in [2.75, 3.05) is 11.8 Å². The second-order valence-corrected chi connectivity index (χ2v) is 5.57. The predicted molar refractivity (Wildman–Crippen MR) is 78.7 cm³/mol. The first kappa shape index (κ1) is 18.0. The number of carbonyl (C=O) groups is 1.